The van der Waals surface area contributed by atoms with Gasteiger partial charge in [-0.05, 0) is 52.4 Å². The van der Waals surface area contributed by atoms with E-state index in [1.807, 2.05) is 6.20 Å². The van der Waals surface area contributed by atoms with Gasteiger partial charge in [0.2, 0.25) is 0 Å². The summed E-state index contributed by atoms with van der Waals surface area (Å²) in [6.07, 6.45) is 10.5. The molecule has 22 heavy (non-hydrogen) atoms. The SMILES string of the molecule is CC(C)(C)n1cc(C(=O)N2CCCC[C@H]3CCCC[C@H]32)nn1. The van der Waals surface area contributed by atoms with Crippen molar-refractivity contribution in [2.45, 2.75) is 77.3 Å². The van der Waals surface area contributed by atoms with Crippen LogP contribution in [0.1, 0.15) is 76.2 Å². The second-order valence-electron chi connectivity index (χ2n) is 7.83. The lowest BCUT2D eigenvalue weighted by atomic mass is 9.81. The molecule has 1 aliphatic heterocycles. The van der Waals surface area contributed by atoms with Crippen molar-refractivity contribution in [1.82, 2.24) is 19.9 Å². The van der Waals surface area contributed by atoms with Gasteiger partial charge < -0.3 is 4.90 Å². The second kappa shape index (κ2) is 6.01. The van der Waals surface area contributed by atoms with E-state index in [1.165, 1.54) is 32.1 Å². The first kappa shape index (κ1) is 15.5. The molecule has 0 bridgehead atoms. The van der Waals surface area contributed by atoms with Crippen LogP contribution in [0.25, 0.3) is 0 Å². The number of fused-ring (bicyclic) bond motifs is 1. The van der Waals surface area contributed by atoms with Gasteiger partial charge in [0.05, 0.1) is 11.7 Å². The van der Waals surface area contributed by atoms with Crippen molar-refractivity contribution in [3.8, 4) is 0 Å². The average molecular weight is 304 g/mol. The summed E-state index contributed by atoms with van der Waals surface area (Å²) in [5, 5.41) is 8.30. The first-order valence-electron chi connectivity index (χ1n) is 8.70. The molecular weight excluding hydrogens is 276 g/mol. The van der Waals surface area contributed by atoms with Crippen molar-refractivity contribution in [3.05, 3.63) is 11.9 Å². The van der Waals surface area contributed by atoms with Gasteiger partial charge in [-0.1, -0.05) is 24.5 Å². The van der Waals surface area contributed by atoms with E-state index in [1.54, 1.807) is 4.68 Å². The maximum Gasteiger partial charge on any atom is 0.276 e. The second-order valence-corrected chi connectivity index (χ2v) is 7.83. The molecule has 1 saturated carbocycles. The topological polar surface area (TPSA) is 51.0 Å². The predicted octanol–water partition coefficient (Wildman–Crippen LogP) is 3.22. The Balaban J connectivity index is 1.81. The number of hydrogen-bond donors (Lipinski definition) is 0. The summed E-state index contributed by atoms with van der Waals surface area (Å²) in [6, 6.07) is 0.420. The van der Waals surface area contributed by atoms with Gasteiger partial charge in [-0.3, -0.25) is 4.79 Å². The molecule has 0 N–H and O–H groups in total. The van der Waals surface area contributed by atoms with Gasteiger partial charge in [0.15, 0.2) is 5.69 Å². The largest absolute Gasteiger partial charge is 0.334 e. The van der Waals surface area contributed by atoms with Gasteiger partial charge in [-0.15, -0.1) is 5.10 Å². The van der Waals surface area contributed by atoms with E-state index >= 15 is 0 Å². The number of rotatable bonds is 1. The van der Waals surface area contributed by atoms with Crippen molar-refractivity contribution < 1.29 is 4.79 Å². The quantitative estimate of drug-likeness (QED) is 0.800. The summed E-state index contributed by atoms with van der Waals surface area (Å²) in [4.78, 5) is 15.1. The maximum absolute atomic E-state index is 13.0. The Hall–Kier alpha value is -1.39. The highest BCUT2D eigenvalue weighted by molar-refractivity contribution is 5.92. The number of hydrogen-bond acceptors (Lipinski definition) is 3. The van der Waals surface area contributed by atoms with Crippen LogP contribution in [0, 0.1) is 5.92 Å². The Morgan fingerprint density at radius 3 is 2.50 bits per heavy atom. The van der Waals surface area contributed by atoms with Crippen LogP contribution in [0.5, 0.6) is 0 Å². The van der Waals surface area contributed by atoms with Crippen molar-refractivity contribution in [2.75, 3.05) is 6.54 Å². The minimum absolute atomic E-state index is 0.0781. The fourth-order valence-corrected chi connectivity index (χ4v) is 3.88. The Morgan fingerprint density at radius 1 is 1.14 bits per heavy atom. The summed E-state index contributed by atoms with van der Waals surface area (Å²) in [6.45, 7) is 7.08. The smallest absolute Gasteiger partial charge is 0.276 e. The third kappa shape index (κ3) is 3.03. The number of likely N-dealkylation sites (tertiary alicyclic amines) is 1. The zero-order chi connectivity index (χ0) is 15.7. The van der Waals surface area contributed by atoms with Crippen LogP contribution < -0.4 is 0 Å². The number of amides is 1. The third-order valence-electron chi connectivity index (χ3n) is 5.15. The van der Waals surface area contributed by atoms with E-state index in [9.17, 15) is 4.79 Å². The molecular formula is C17H28N4O. The van der Waals surface area contributed by atoms with Crippen LogP contribution in [-0.4, -0.2) is 38.4 Å². The van der Waals surface area contributed by atoms with E-state index in [4.69, 9.17) is 0 Å². The first-order chi connectivity index (χ1) is 10.5. The van der Waals surface area contributed by atoms with Crippen LogP contribution >= 0.6 is 0 Å². The molecule has 0 unspecified atom stereocenters. The van der Waals surface area contributed by atoms with Gasteiger partial charge in [-0.25, -0.2) is 4.68 Å². The average Bonchev–Trinajstić information content (AvgIpc) is 2.88. The third-order valence-corrected chi connectivity index (χ3v) is 5.15. The Kier molecular flexibility index (Phi) is 4.24. The predicted molar refractivity (Wildman–Crippen MR) is 85.7 cm³/mol. The lowest BCUT2D eigenvalue weighted by Crippen LogP contribution is -2.45. The van der Waals surface area contributed by atoms with Crippen molar-refractivity contribution in [3.63, 3.8) is 0 Å². The molecule has 122 valence electrons. The van der Waals surface area contributed by atoms with Crippen molar-refractivity contribution in [2.24, 2.45) is 5.92 Å². The van der Waals surface area contributed by atoms with Crippen LogP contribution in [0.4, 0.5) is 0 Å². The van der Waals surface area contributed by atoms with Gasteiger partial charge in [0, 0.05) is 12.6 Å². The zero-order valence-electron chi connectivity index (χ0n) is 14.1. The number of nitrogens with zero attached hydrogens (tertiary/aromatic N) is 4. The fourth-order valence-electron chi connectivity index (χ4n) is 3.88. The number of carbonyl (C=O) groups is 1. The molecule has 2 aliphatic rings. The van der Waals surface area contributed by atoms with Crippen LogP contribution in [0.2, 0.25) is 0 Å². The standard InChI is InChI=1S/C17H28N4O/c1-17(2,3)21-12-14(18-19-21)16(22)20-11-7-6-9-13-8-4-5-10-15(13)20/h12-13,15H,4-11H2,1-3H3/t13-,15-/m1/s1. The molecule has 1 aromatic heterocycles. The molecule has 2 fully saturated rings. The lowest BCUT2D eigenvalue weighted by Gasteiger charge is -2.37. The molecule has 0 spiro atoms. The molecule has 5 nitrogen and oxygen atoms in total. The van der Waals surface area contributed by atoms with Gasteiger partial charge in [-0.2, -0.15) is 0 Å². The molecule has 3 rings (SSSR count). The Labute approximate surface area is 133 Å². The Bertz CT molecular complexity index is 531. The summed E-state index contributed by atoms with van der Waals surface area (Å²) in [5.41, 5.74) is 0.360. The van der Waals surface area contributed by atoms with Crippen molar-refractivity contribution in [1.29, 1.82) is 0 Å². The lowest BCUT2D eigenvalue weighted by molar-refractivity contribution is 0.0563. The van der Waals surface area contributed by atoms with E-state index in [0.29, 0.717) is 17.7 Å². The highest BCUT2D eigenvalue weighted by atomic mass is 16.2. The van der Waals surface area contributed by atoms with Gasteiger partial charge in [0.25, 0.3) is 5.91 Å². The van der Waals surface area contributed by atoms with E-state index in [0.717, 1.165) is 19.4 Å². The number of carbonyl (C=O) groups excluding carboxylic acids is 1. The van der Waals surface area contributed by atoms with Crippen LogP contribution in [0.3, 0.4) is 0 Å². The van der Waals surface area contributed by atoms with Crippen LogP contribution in [0.15, 0.2) is 6.20 Å². The molecule has 2 heterocycles. The number of aromatic nitrogens is 3. The van der Waals surface area contributed by atoms with Crippen molar-refractivity contribution >= 4 is 5.91 Å². The molecule has 1 aliphatic carbocycles. The monoisotopic (exact) mass is 304 g/mol. The zero-order valence-corrected chi connectivity index (χ0v) is 14.1. The summed E-state index contributed by atoms with van der Waals surface area (Å²) in [7, 11) is 0. The van der Waals surface area contributed by atoms with E-state index in [2.05, 4.69) is 36.0 Å². The Morgan fingerprint density at radius 2 is 1.82 bits per heavy atom. The van der Waals surface area contributed by atoms with E-state index in [-0.39, 0.29) is 11.4 Å². The highest BCUT2D eigenvalue weighted by Gasteiger charge is 2.35. The summed E-state index contributed by atoms with van der Waals surface area (Å²) < 4.78 is 1.79. The van der Waals surface area contributed by atoms with E-state index < -0.39 is 0 Å². The summed E-state index contributed by atoms with van der Waals surface area (Å²) in [5.74, 6) is 0.771. The fraction of sp³-hybridized carbons (Fsp3) is 0.824. The minimum Gasteiger partial charge on any atom is -0.334 e. The molecule has 2 atom stereocenters. The molecule has 5 heteroatoms. The first-order valence-corrected chi connectivity index (χ1v) is 8.70. The van der Waals surface area contributed by atoms with Gasteiger partial charge >= 0.3 is 0 Å². The normalized spacial score (nSPS) is 26.4. The molecule has 0 radical (unpaired) electrons. The molecule has 1 aromatic rings. The minimum atomic E-state index is -0.141. The molecule has 0 aromatic carbocycles. The summed E-state index contributed by atoms with van der Waals surface area (Å²) >= 11 is 0. The van der Waals surface area contributed by atoms with Gasteiger partial charge in [0.1, 0.15) is 0 Å². The maximum atomic E-state index is 13.0. The molecule has 1 saturated heterocycles. The highest BCUT2D eigenvalue weighted by Crippen LogP contribution is 2.35. The molecule has 1 amide bonds. The van der Waals surface area contributed by atoms with Crippen LogP contribution in [-0.2, 0) is 5.54 Å².